The van der Waals surface area contributed by atoms with E-state index in [0.717, 1.165) is 48.0 Å². The third-order valence-corrected chi connectivity index (χ3v) is 4.06. The van der Waals surface area contributed by atoms with Crippen molar-refractivity contribution in [2.24, 2.45) is 5.92 Å². The van der Waals surface area contributed by atoms with Crippen LogP contribution < -0.4 is 10.1 Å². The molecule has 0 aromatic carbocycles. The summed E-state index contributed by atoms with van der Waals surface area (Å²) in [5.74, 6) is 1.67. The summed E-state index contributed by atoms with van der Waals surface area (Å²) in [4.78, 5) is 4.39. The monoisotopic (exact) mass is 326 g/mol. The summed E-state index contributed by atoms with van der Waals surface area (Å²) in [7, 11) is 0. The Labute approximate surface area is 124 Å². The first kappa shape index (κ1) is 14.8. The standard InChI is InChI=1S/C15H23BrN2O/c1-2-7-17-10-13-9-14(16)11-18-15(13)19-8-6-12-4-3-5-12/h9,11-12,17H,2-8,10H2,1H3. The Balaban J connectivity index is 1.85. The van der Waals surface area contributed by atoms with Crippen molar-refractivity contribution in [3.63, 3.8) is 0 Å². The number of nitrogens with zero attached hydrogens (tertiary/aromatic N) is 1. The van der Waals surface area contributed by atoms with Crippen LogP contribution in [-0.4, -0.2) is 18.1 Å². The van der Waals surface area contributed by atoms with Gasteiger partial charge in [0.05, 0.1) is 6.61 Å². The van der Waals surface area contributed by atoms with Gasteiger partial charge in [0.25, 0.3) is 0 Å². The van der Waals surface area contributed by atoms with E-state index in [1.165, 1.54) is 25.7 Å². The van der Waals surface area contributed by atoms with Crippen molar-refractivity contribution >= 4 is 15.9 Å². The molecule has 2 rings (SSSR count). The summed E-state index contributed by atoms with van der Waals surface area (Å²) in [6, 6.07) is 2.09. The smallest absolute Gasteiger partial charge is 0.217 e. The third kappa shape index (κ3) is 4.77. The highest BCUT2D eigenvalue weighted by molar-refractivity contribution is 9.10. The average Bonchev–Trinajstić information content (AvgIpc) is 2.35. The number of rotatable bonds is 8. The van der Waals surface area contributed by atoms with E-state index in [1.807, 2.05) is 6.20 Å². The molecule has 0 spiro atoms. The third-order valence-electron chi connectivity index (χ3n) is 3.62. The number of hydrogen-bond donors (Lipinski definition) is 1. The fourth-order valence-electron chi connectivity index (χ4n) is 2.23. The van der Waals surface area contributed by atoms with Gasteiger partial charge in [0.15, 0.2) is 0 Å². The van der Waals surface area contributed by atoms with Gasteiger partial charge in [-0.3, -0.25) is 0 Å². The summed E-state index contributed by atoms with van der Waals surface area (Å²) < 4.78 is 6.86. The van der Waals surface area contributed by atoms with Crippen molar-refractivity contribution in [2.75, 3.05) is 13.2 Å². The first-order valence-electron chi connectivity index (χ1n) is 7.27. The second kappa shape index (κ2) is 7.85. The van der Waals surface area contributed by atoms with Crippen LogP contribution in [-0.2, 0) is 6.54 Å². The van der Waals surface area contributed by atoms with Crippen LogP contribution in [0.25, 0.3) is 0 Å². The molecule has 0 bridgehead atoms. The number of nitrogens with one attached hydrogen (secondary N) is 1. The van der Waals surface area contributed by atoms with Crippen LogP contribution in [0.1, 0.15) is 44.6 Å². The maximum atomic E-state index is 5.86. The van der Waals surface area contributed by atoms with Gasteiger partial charge in [-0.2, -0.15) is 0 Å². The highest BCUT2D eigenvalue weighted by Gasteiger charge is 2.17. The van der Waals surface area contributed by atoms with Gasteiger partial charge in [0, 0.05) is 22.8 Å². The Bertz CT molecular complexity index is 394. The number of hydrogen-bond acceptors (Lipinski definition) is 3. The van der Waals surface area contributed by atoms with Crippen LogP contribution in [0.2, 0.25) is 0 Å². The molecular formula is C15H23BrN2O. The van der Waals surface area contributed by atoms with Crippen LogP contribution in [0.3, 0.4) is 0 Å². The van der Waals surface area contributed by atoms with Gasteiger partial charge >= 0.3 is 0 Å². The fourth-order valence-corrected chi connectivity index (χ4v) is 2.61. The zero-order chi connectivity index (χ0) is 13.5. The Morgan fingerprint density at radius 2 is 2.32 bits per heavy atom. The lowest BCUT2D eigenvalue weighted by Crippen LogP contribution is -2.17. The van der Waals surface area contributed by atoms with Crippen LogP contribution in [0, 0.1) is 5.92 Å². The van der Waals surface area contributed by atoms with E-state index in [4.69, 9.17) is 4.74 Å². The van der Waals surface area contributed by atoms with E-state index in [-0.39, 0.29) is 0 Å². The predicted octanol–water partition coefficient (Wildman–Crippen LogP) is 3.91. The first-order valence-corrected chi connectivity index (χ1v) is 8.07. The molecule has 1 aliphatic carbocycles. The molecule has 0 amide bonds. The molecular weight excluding hydrogens is 304 g/mol. The summed E-state index contributed by atoms with van der Waals surface area (Å²) >= 11 is 3.47. The maximum absolute atomic E-state index is 5.86. The Morgan fingerprint density at radius 3 is 3.00 bits per heavy atom. The molecule has 1 fully saturated rings. The van der Waals surface area contributed by atoms with E-state index < -0.39 is 0 Å². The summed E-state index contributed by atoms with van der Waals surface area (Å²) in [5, 5.41) is 3.40. The Hall–Kier alpha value is -0.610. The number of aromatic nitrogens is 1. The van der Waals surface area contributed by atoms with Gasteiger partial charge in [0.1, 0.15) is 0 Å². The minimum atomic E-state index is 0.783. The predicted molar refractivity (Wildman–Crippen MR) is 81.4 cm³/mol. The zero-order valence-electron chi connectivity index (χ0n) is 11.6. The molecule has 1 N–H and O–H groups in total. The van der Waals surface area contributed by atoms with E-state index in [0.29, 0.717) is 0 Å². The number of pyridine rings is 1. The molecule has 1 aromatic rings. The van der Waals surface area contributed by atoms with Crippen molar-refractivity contribution in [1.82, 2.24) is 10.3 Å². The second-order valence-corrected chi connectivity index (χ2v) is 6.14. The van der Waals surface area contributed by atoms with Gasteiger partial charge in [-0.1, -0.05) is 26.2 Å². The highest BCUT2D eigenvalue weighted by Crippen LogP contribution is 2.29. The molecule has 1 saturated carbocycles. The lowest BCUT2D eigenvalue weighted by Gasteiger charge is -2.25. The zero-order valence-corrected chi connectivity index (χ0v) is 13.2. The topological polar surface area (TPSA) is 34.2 Å². The molecule has 106 valence electrons. The molecule has 1 heterocycles. The summed E-state index contributed by atoms with van der Waals surface area (Å²) in [6.07, 6.45) is 8.26. The van der Waals surface area contributed by atoms with E-state index >= 15 is 0 Å². The normalized spacial score (nSPS) is 15.3. The minimum absolute atomic E-state index is 0.783. The van der Waals surface area contributed by atoms with Crippen LogP contribution in [0.5, 0.6) is 5.88 Å². The number of halogens is 1. The SMILES string of the molecule is CCCNCc1cc(Br)cnc1OCCC1CCC1. The van der Waals surface area contributed by atoms with Crippen LogP contribution in [0.4, 0.5) is 0 Å². The van der Waals surface area contributed by atoms with Crippen LogP contribution >= 0.6 is 15.9 Å². The summed E-state index contributed by atoms with van der Waals surface area (Å²) in [6.45, 7) is 4.80. The molecule has 1 aliphatic rings. The van der Waals surface area contributed by atoms with Gasteiger partial charge in [-0.25, -0.2) is 4.98 Å². The molecule has 0 saturated heterocycles. The molecule has 4 heteroatoms. The molecule has 0 unspecified atom stereocenters. The maximum Gasteiger partial charge on any atom is 0.217 e. The van der Waals surface area contributed by atoms with Crippen molar-refractivity contribution in [3.05, 3.63) is 22.3 Å². The molecule has 19 heavy (non-hydrogen) atoms. The van der Waals surface area contributed by atoms with E-state index in [9.17, 15) is 0 Å². The second-order valence-electron chi connectivity index (χ2n) is 5.23. The van der Waals surface area contributed by atoms with E-state index in [2.05, 4.69) is 39.2 Å². The molecule has 3 nitrogen and oxygen atoms in total. The van der Waals surface area contributed by atoms with Crippen molar-refractivity contribution in [1.29, 1.82) is 0 Å². The fraction of sp³-hybridized carbons (Fsp3) is 0.667. The van der Waals surface area contributed by atoms with Crippen molar-refractivity contribution in [2.45, 2.75) is 45.6 Å². The van der Waals surface area contributed by atoms with Crippen molar-refractivity contribution in [3.8, 4) is 5.88 Å². The molecule has 0 aliphatic heterocycles. The van der Waals surface area contributed by atoms with E-state index in [1.54, 1.807) is 0 Å². The van der Waals surface area contributed by atoms with Gasteiger partial charge in [0.2, 0.25) is 5.88 Å². The largest absolute Gasteiger partial charge is 0.477 e. The molecule has 0 atom stereocenters. The molecule has 1 aromatic heterocycles. The Kier molecular flexibility index (Phi) is 6.11. The number of ether oxygens (including phenoxy) is 1. The van der Waals surface area contributed by atoms with Gasteiger partial charge < -0.3 is 10.1 Å². The highest BCUT2D eigenvalue weighted by atomic mass is 79.9. The van der Waals surface area contributed by atoms with Crippen molar-refractivity contribution < 1.29 is 4.74 Å². The lowest BCUT2D eigenvalue weighted by atomic mass is 9.83. The van der Waals surface area contributed by atoms with Gasteiger partial charge in [-0.15, -0.1) is 0 Å². The molecule has 0 radical (unpaired) electrons. The lowest BCUT2D eigenvalue weighted by molar-refractivity contribution is 0.216. The average molecular weight is 327 g/mol. The Morgan fingerprint density at radius 1 is 1.47 bits per heavy atom. The minimum Gasteiger partial charge on any atom is -0.477 e. The van der Waals surface area contributed by atoms with Gasteiger partial charge in [-0.05, 0) is 47.3 Å². The summed E-state index contributed by atoms with van der Waals surface area (Å²) in [5.41, 5.74) is 1.14. The first-order chi connectivity index (χ1) is 9.29. The quantitative estimate of drug-likeness (QED) is 0.735. The van der Waals surface area contributed by atoms with Crippen LogP contribution in [0.15, 0.2) is 16.7 Å².